The summed E-state index contributed by atoms with van der Waals surface area (Å²) >= 11 is 0. The molecule has 0 aromatic heterocycles. The first-order valence-electron chi connectivity index (χ1n) is 7.32. The van der Waals surface area contributed by atoms with Gasteiger partial charge in [0.05, 0.1) is 6.61 Å². The summed E-state index contributed by atoms with van der Waals surface area (Å²) in [7, 11) is 0. The standard InChI is InChI=1S/C16H25NO3/c1-16(2,3)17-9-5-4-6-10-18-13-7-8-14-15(11-13)20-12-19-14/h7-8,11,17H,4-6,9-10,12H2,1-3H3. The molecule has 112 valence electrons. The van der Waals surface area contributed by atoms with Gasteiger partial charge in [0.1, 0.15) is 5.75 Å². The topological polar surface area (TPSA) is 39.7 Å². The zero-order valence-electron chi connectivity index (χ0n) is 12.7. The first-order chi connectivity index (χ1) is 9.54. The molecular formula is C16H25NO3. The van der Waals surface area contributed by atoms with Crippen molar-refractivity contribution in [2.75, 3.05) is 19.9 Å². The largest absolute Gasteiger partial charge is 0.493 e. The van der Waals surface area contributed by atoms with Gasteiger partial charge in [-0.3, -0.25) is 0 Å². The second-order valence-electron chi connectivity index (χ2n) is 6.10. The summed E-state index contributed by atoms with van der Waals surface area (Å²) in [4.78, 5) is 0. The number of benzene rings is 1. The van der Waals surface area contributed by atoms with Crippen molar-refractivity contribution in [2.24, 2.45) is 0 Å². The van der Waals surface area contributed by atoms with Crippen LogP contribution in [-0.4, -0.2) is 25.5 Å². The molecule has 0 radical (unpaired) electrons. The molecule has 4 nitrogen and oxygen atoms in total. The summed E-state index contributed by atoms with van der Waals surface area (Å²) in [6.45, 7) is 8.68. The number of nitrogens with one attached hydrogen (secondary N) is 1. The number of ether oxygens (including phenoxy) is 3. The van der Waals surface area contributed by atoms with E-state index in [-0.39, 0.29) is 5.54 Å². The van der Waals surface area contributed by atoms with E-state index in [1.165, 1.54) is 12.8 Å². The van der Waals surface area contributed by atoms with Crippen molar-refractivity contribution in [1.29, 1.82) is 0 Å². The normalized spacial score (nSPS) is 13.6. The maximum Gasteiger partial charge on any atom is 0.231 e. The number of hydrogen-bond donors (Lipinski definition) is 1. The monoisotopic (exact) mass is 279 g/mol. The van der Waals surface area contributed by atoms with Crippen molar-refractivity contribution in [1.82, 2.24) is 5.32 Å². The van der Waals surface area contributed by atoms with E-state index < -0.39 is 0 Å². The van der Waals surface area contributed by atoms with Gasteiger partial charge in [-0.2, -0.15) is 0 Å². The Labute approximate surface area is 121 Å². The summed E-state index contributed by atoms with van der Waals surface area (Å²) in [6, 6.07) is 5.71. The predicted octanol–water partition coefficient (Wildman–Crippen LogP) is 3.35. The number of rotatable bonds is 7. The lowest BCUT2D eigenvalue weighted by atomic mass is 10.1. The van der Waals surface area contributed by atoms with Crippen molar-refractivity contribution in [3.63, 3.8) is 0 Å². The number of hydrogen-bond acceptors (Lipinski definition) is 4. The molecule has 1 aliphatic heterocycles. The van der Waals surface area contributed by atoms with Crippen molar-refractivity contribution in [2.45, 2.75) is 45.6 Å². The van der Waals surface area contributed by atoms with Gasteiger partial charge in [-0.15, -0.1) is 0 Å². The summed E-state index contributed by atoms with van der Waals surface area (Å²) in [6.07, 6.45) is 3.43. The Kier molecular flexibility index (Phi) is 5.12. The summed E-state index contributed by atoms with van der Waals surface area (Å²) < 4.78 is 16.3. The first-order valence-corrected chi connectivity index (χ1v) is 7.32. The van der Waals surface area contributed by atoms with Crippen LogP contribution in [-0.2, 0) is 0 Å². The van der Waals surface area contributed by atoms with Crippen LogP contribution >= 0.6 is 0 Å². The van der Waals surface area contributed by atoms with Crippen LogP contribution in [0, 0.1) is 0 Å². The first kappa shape index (κ1) is 15.0. The molecule has 0 fully saturated rings. The fourth-order valence-corrected chi connectivity index (χ4v) is 2.02. The lowest BCUT2D eigenvalue weighted by molar-refractivity contribution is 0.173. The molecule has 0 atom stereocenters. The number of unbranched alkanes of at least 4 members (excludes halogenated alkanes) is 2. The highest BCUT2D eigenvalue weighted by atomic mass is 16.7. The van der Waals surface area contributed by atoms with E-state index in [1.807, 2.05) is 18.2 Å². The van der Waals surface area contributed by atoms with Crippen LogP contribution < -0.4 is 19.5 Å². The van der Waals surface area contributed by atoms with Gasteiger partial charge in [0.25, 0.3) is 0 Å². The lowest BCUT2D eigenvalue weighted by Crippen LogP contribution is -2.36. The fraction of sp³-hybridized carbons (Fsp3) is 0.625. The van der Waals surface area contributed by atoms with E-state index in [9.17, 15) is 0 Å². The fourth-order valence-electron chi connectivity index (χ4n) is 2.02. The Hall–Kier alpha value is -1.42. The second-order valence-corrected chi connectivity index (χ2v) is 6.10. The molecule has 2 rings (SSSR count). The lowest BCUT2D eigenvalue weighted by Gasteiger charge is -2.20. The van der Waals surface area contributed by atoms with Crippen LogP contribution in [0.5, 0.6) is 17.2 Å². The number of fused-ring (bicyclic) bond motifs is 1. The molecule has 0 saturated heterocycles. The van der Waals surface area contributed by atoms with E-state index in [0.717, 1.165) is 36.8 Å². The molecule has 1 aromatic carbocycles. The summed E-state index contributed by atoms with van der Waals surface area (Å²) in [5.41, 5.74) is 0.211. The van der Waals surface area contributed by atoms with Crippen LogP contribution in [0.25, 0.3) is 0 Å². The van der Waals surface area contributed by atoms with Gasteiger partial charge < -0.3 is 19.5 Å². The van der Waals surface area contributed by atoms with E-state index in [1.54, 1.807) is 0 Å². The molecular weight excluding hydrogens is 254 g/mol. The van der Waals surface area contributed by atoms with Crippen LogP contribution in [0.2, 0.25) is 0 Å². The molecule has 4 heteroatoms. The minimum atomic E-state index is 0.211. The van der Waals surface area contributed by atoms with Gasteiger partial charge in [0.15, 0.2) is 11.5 Å². The van der Waals surface area contributed by atoms with Crippen LogP contribution in [0.15, 0.2) is 18.2 Å². The quantitative estimate of drug-likeness (QED) is 0.777. The van der Waals surface area contributed by atoms with Gasteiger partial charge in [-0.1, -0.05) is 0 Å². The zero-order chi connectivity index (χ0) is 14.4. The molecule has 0 saturated carbocycles. The van der Waals surface area contributed by atoms with E-state index in [2.05, 4.69) is 26.1 Å². The molecule has 1 aliphatic rings. The van der Waals surface area contributed by atoms with E-state index >= 15 is 0 Å². The molecule has 20 heavy (non-hydrogen) atoms. The van der Waals surface area contributed by atoms with Crippen molar-refractivity contribution in [3.05, 3.63) is 18.2 Å². The minimum Gasteiger partial charge on any atom is -0.493 e. The molecule has 1 N–H and O–H groups in total. The molecule has 0 amide bonds. The molecule has 0 bridgehead atoms. The Balaban J connectivity index is 1.57. The summed E-state index contributed by atoms with van der Waals surface area (Å²) in [5, 5.41) is 3.49. The second kappa shape index (κ2) is 6.84. The van der Waals surface area contributed by atoms with E-state index in [4.69, 9.17) is 14.2 Å². The Morgan fingerprint density at radius 1 is 1.10 bits per heavy atom. The van der Waals surface area contributed by atoms with Gasteiger partial charge in [-0.25, -0.2) is 0 Å². The van der Waals surface area contributed by atoms with Crippen LogP contribution in [0.1, 0.15) is 40.0 Å². The molecule has 0 spiro atoms. The molecule has 0 aliphatic carbocycles. The van der Waals surface area contributed by atoms with Gasteiger partial charge in [0, 0.05) is 11.6 Å². The highest BCUT2D eigenvalue weighted by Crippen LogP contribution is 2.35. The Bertz CT molecular complexity index is 426. The Morgan fingerprint density at radius 2 is 1.90 bits per heavy atom. The zero-order valence-corrected chi connectivity index (χ0v) is 12.7. The third kappa shape index (κ3) is 4.93. The SMILES string of the molecule is CC(C)(C)NCCCCCOc1ccc2c(c1)OCO2. The average molecular weight is 279 g/mol. The predicted molar refractivity (Wildman–Crippen MR) is 79.7 cm³/mol. The van der Waals surface area contributed by atoms with Crippen LogP contribution in [0.4, 0.5) is 0 Å². The van der Waals surface area contributed by atoms with Gasteiger partial charge in [-0.05, 0) is 58.7 Å². The van der Waals surface area contributed by atoms with E-state index in [0.29, 0.717) is 6.79 Å². The van der Waals surface area contributed by atoms with Crippen molar-refractivity contribution >= 4 is 0 Å². The molecule has 1 heterocycles. The maximum atomic E-state index is 5.72. The van der Waals surface area contributed by atoms with Crippen molar-refractivity contribution in [3.8, 4) is 17.2 Å². The van der Waals surface area contributed by atoms with Crippen molar-refractivity contribution < 1.29 is 14.2 Å². The molecule has 0 unspecified atom stereocenters. The smallest absolute Gasteiger partial charge is 0.231 e. The van der Waals surface area contributed by atoms with Gasteiger partial charge in [0.2, 0.25) is 6.79 Å². The Morgan fingerprint density at radius 3 is 2.70 bits per heavy atom. The summed E-state index contributed by atoms with van der Waals surface area (Å²) in [5.74, 6) is 2.42. The van der Waals surface area contributed by atoms with Gasteiger partial charge >= 0.3 is 0 Å². The third-order valence-corrected chi connectivity index (χ3v) is 3.09. The van der Waals surface area contributed by atoms with Crippen LogP contribution in [0.3, 0.4) is 0 Å². The highest BCUT2D eigenvalue weighted by molar-refractivity contribution is 5.46. The highest BCUT2D eigenvalue weighted by Gasteiger charge is 2.13. The maximum absolute atomic E-state index is 5.72. The molecule has 1 aromatic rings. The minimum absolute atomic E-state index is 0.211. The third-order valence-electron chi connectivity index (χ3n) is 3.09. The average Bonchev–Trinajstić information content (AvgIpc) is 2.83.